The van der Waals surface area contributed by atoms with E-state index in [0.717, 1.165) is 32.2 Å². The summed E-state index contributed by atoms with van der Waals surface area (Å²) in [4.78, 5) is 13.7. The Morgan fingerprint density at radius 2 is 1.95 bits per heavy atom. The molecule has 0 amide bonds. The minimum atomic E-state index is 0.0347. The minimum absolute atomic E-state index is 0.0347. The van der Waals surface area contributed by atoms with E-state index in [1.54, 1.807) is 13.0 Å². The monoisotopic (exact) mass is 291 g/mol. The standard InChI is InChI=1S/C17H25NO3/c1-14(19)16-5-3-4-6-17(16)21-12-10-18(2)9-11-20-13-15-7-8-15/h3-6,15H,7-13H2,1-2H3. The van der Waals surface area contributed by atoms with Crippen LogP contribution in [0.25, 0.3) is 0 Å². The lowest BCUT2D eigenvalue weighted by Gasteiger charge is -2.17. The number of nitrogens with zero attached hydrogens (tertiary/aromatic N) is 1. The van der Waals surface area contributed by atoms with Gasteiger partial charge in [0.1, 0.15) is 12.4 Å². The molecule has 1 aromatic rings. The molecule has 0 aliphatic heterocycles. The number of Topliss-reactive ketones (excluding diaryl/α,β-unsaturated/α-hetero) is 1. The largest absolute Gasteiger partial charge is 0.491 e. The Balaban J connectivity index is 1.62. The van der Waals surface area contributed by atoms with Crippen molar-refractivity contribution in [3.8, 4) is 5.75 Å². The molecular formula is C17H25NO3. The first kappa shape index (κ1) is 16.0. The van der Waals surface area contributed by atoms with Gasteiger partial charge in [-0.15, -0.1) is 0 Å². The second kappa shape index (κ2) is 8.15. The maximum absolute atomic E-state index is 11.5. The molecule has 0 radical (unpaired) electrons. The van der Waals surface area contributed by atoms with Crippen LogP contribution in [0.5, 0.6) is 5.75 Å². The van der Waals surface area contributed by atoms with Gasteiger partial charge in [0, 0.05) is 19.7 Å². The number of likely N-dealkylation sites (N-methyl/N-ethyl adjacent to an activating group) is 1. The molecular weight excluding hydrogens is 266 g/mol. The Bertz CT molecular complexity index is 457. The van der Waals surface area contributed by atoms with Gasteiger partial charge in [0.05, 0.1) is 12.2 Å². The number of carbonyl (C=O) groups excluding carboxylic acids is 1. The lowest BCUT2D eigenvalue weighted by molar-refractivity contribution is 0.0983. The zero-order valence-electron chi connectivity index (χ0n) is 13.0. The number of benzene rings is 1. The van der Waals surface area contributed by atoms with Gasteiger partial charge in [-0.05, 0) is 44.9 Å². The molecule has 1 saturated carbocycles. The Kier molecular flexibility index (Phi) is 6.21. The van der Waals surface area contributed by atoms with E-state index >= 15 is 0 Å². The summed E-state index contributed by atoms with van der Waals surface area (Å²) in [5, 5.41) is 0. The van der Waals surface area contributed by atoms with Crippen molar-refractivity contribution in [1.82, 2.24) is 4.90 Å². The predicted molar refractivity (Wildman–Crippen MR) is 83.0 cm³/mol. The van der Waals surface area contributed by atoms with E-state index in [9.17, 15) is 4.79 Å². The Labute approximate surface area is 127 Å². The van der Waals surface area contributed by atoms with Crippen molar-refractivity contribution < 1.29 is 14.3 Å². The van der Waals surface area contributed by atoms with Gasteiger partial charge in [0.15, 0.2) is 5.78 Å². The summed E-state index contributed by atoms with van der Waals surface area (Å²) in [6.45, 7) is 5.55. The van der Waals surface area contributed by atoms with Crippen LogP contribution in [0.4, 0.5) is 0 Å². The molecule has 0 unspecified atom stereocenters. The third-order valence-corrected chi connectivity index (χ3v) is 3.66. The van der Waals surface area contributed by atoms with Crippen LogP contribution in [-0.2, 0) is 4.74 Å². The van der Waals surface area contributed by atoms with Crippen LogP contribution in [0.15, 0.2) is 24.3 Å². The van der Waals surface area contributed by atoms with Gasteiger partial charge in [-0.2, -0.15) is 0 Å². The third-order valence-electron chi connectivity index (χ3n) is 3.66. The number of para-hydroxylation sites is 1. The topological polar surface area (TPSA) is 38.8 Å². The number of hydrogen-bond donors (Lipinski definition) is 0. The fraction of sp³-hybridized carbons (Fsp3) is 0.588. The number of carbonyl (C=O) groups is 1. The third kappa shape index (κ3) is 5.86. The van der Waals surface area contributed by atoms with Crippen LogP contribution in [0.2, 0.25) is 0 Å². The van der Waals surface area contributed by atoms with Crippen molar-refractivity contribution in [2.45, 2.75) is 19.8 Å². The summed E-state index contributed by atoms with van der Waals surface area (Å²) in [6.07, 6.45) is 2.67. The summed E-state index contributed by atoms with van der Waals surface area (Å²) in [7, 11) is 2.06. The lowest BCUT2D eigenvalue weighted by atomic mass is 10.1. The molecule has 0 atom stereocenters. The molecule has 0 N–H and O–H groups in total. The molecule has 4 heteroatoms. The summed E-state index contributed by atoms with van der Waals surface area (Å²) in [5.41, 5.74) is 0.646. The molecule has 1 aromatic carbocycles. The Morgan fingerprint density at radius 3 is 2.67 bits per heavy atom. The summed E-state index contributed by atoms with van der Waals surface area (Å²) < 4.78 is 11.3. The van der Waals surface area contributed by atoms with Crippen molar-refractivity contribution in [2.75, 3.05) is 40.0 Å². The van der Waals surface area contributed by atoms with E-state index in [1.807, 2.05) is 18.2 Å². The molecule has 1 aliphatic rings. The average molecular weight is 291 g/mol. The van der Waals surface area contributed by atoms with Crippen molar-refractivity contribution in [3.05, 3.63) is 29.8 Å². The van der Waals surface area contributed by atoms with Gasteiger partial charge in [-0.3, -0.25) is 4.79 Å². The highest BCUT2D eigenvalue weighted by Gasteiger charge is 2.20. The van der Waals surface area contributed by atoms with Gasteiger partial charge in [-0.25, -0.2) is 0 Å². The fourth-order valence-corrected chi connectivity index (χ4v) is 2.06. The normalized spacial score (nSPS) is 14.4. The molecule has 2 rings (SSSR count). The highest BCUT2D eigenvalue weighted by atomic mass is 16.5. The van der Waals surface area contributed by atoms with Crippen molar-refractivity contribution in [1.29, 1.82) is 0 Å². The second-order valence-electron chi connectivity index (χ2n) is 5.72. The summed E-state index contributed by atoms with van der Waals surface area (Å²) in [5.74, 6) is 1.53. The van der Waals surface area contributed by atoms with Gasteiger partial charge < -0.3 is 14.4 Å². The molecule has 1 fully saturated rings. The molecule has 4 nitrogen and oxygen atoms in total. The average Bonchev–Trinajstić information content (AvgIpc) is 3.28. The summed E-state index contributed by atoms with van der Waals surface area (Å²) in [6, 6.07) is 7.38. The van der Waals surface area contributed by atoms with Crippen LogP contribution < -0.4 is 4.74 Å². The van der Waals surface area contributed by atoms with Gasteiger partial charge in [0.2, 0.25) is 0 Å². The van der Waals surface area contributed by atoms with E-state index in [0.29, 0.717) is 17.9 Å². The van der Waals surface area contributed by atoms with Crippen molar-refractivity contribution in [2.24, 2.45) is 5.92 Å². The number of ether oxygens (including phenoxy) is 2. The smallest absolute Gasteiger partial charge is 0.163 e. The van der Waals surface area contributed by atoms with Gasteiger partial charge in [0.25, 0.3) is 0 Å². The van der Waals surface area contributed by atoms with Gasteiger partial charge in [-0.1, -0.05) is 12.1 Å². The Morgan fingerprint density at radius 1 is 1.24 bits per heavy atom. The molecule has 0 aromatic heterocycles. The minimum Gasteiger partial charge on any atom is -0.491 e. The number of rotatable bonds is 10. The first-order valence-corrected chi connectivity index (χ1v) is 7.66. The fourth-order valence-electron chi connectivity index (χ4n) is 2.06. The van der Waals surface area contributed by atoms with Crippen LogP contribution in [0.1, 0.15) is 30.1 Å². The predicted octanol–water partition coefficient (Wildman–Crippen LogP) is 2.63. The molecule has 1 aliphatic carbocycles. The van der Waals surface area contributed by atoms with E-state index < -0.39 is 0 Å². The molecule has 0 saturated heterocycles. The zero-order chi connectivity index (χ0) is 15.1. The summed E-state index contributed by atoms with van der Waals surface area (Å²) >= 11 is 0. The SMILES string of the molecule is CC(=O)c1ccccc1OCCN(C)CCOCC1CC1. The lowest BCUT2D eigenvalue weighted by Crippen LogP contribution is -2.28. The first-order valence-electron chi connectivity index (χ1n) is 7.66. The number of hydrogen-bond acceptors (Lipinski definition) is 4. The van der Waals surface area contributed by atoms with Crippen LogP contribution >= 0.6 is 0 Å². The van der Waals surface area contributed by atoms with Crippen LogP contribution in [-0.4, -0.2) is 50.6 Å². The van der Waals surface area contributed by atoms with Crippen LogP contribution in [0.3, 0.4) is 0 Å². The molecule has 0 spiro atoms. The molecule has 0 heterocycles. The van der Waals surface area contributed by atoms with E-state index in [2.05, 4.69) is 11.9 Å². The van der Waals surface area contributed by atoms with Gasteiger partial charge >= 0.3 is 0 Å². The first-order chi connectivity index (χ1) is 10.2. The highest BCUT2D eigenvalue weighted by Crippen LogP contribution is 2.28. The highest BCUT2D eigenvalue weighted by molar-refractivity contribution is 5.96. The molecule has 0 bridgehead atoms. The quantitative estimate of drug-likeness (QED) is 0.491. The van der Waals surface area contributed by atoms with Crippen molar-refractivity contribution >= 4 is 5.78 Å². The number of ketones is 1. The maximum atomic E-state index is 11.5. The van der Waals surface area contributed by atoms with E-state index in [-0.39, 0.29) is 5.78 Å². The molecule has 21 heavy (non-hydrogen) atoms. The van der Waals surface area contributed by atoms with Crippen LogP contribution in [0, 0.1) is 5.92 Å². The van der Waals surface area contributed by atoms with Crippen molar-refractivity contribution in [3.63, 3.8) is 0 Å². The maximum Gasteiger partial charge on any atom is 0.163 e. The second-order valence-corrected chi connectivity index (χ2v) is 5.72. The molecule has 116 valence electrons. The van der Waals surface area contributed by atoms with E-state index in [4.69, 9.17) is 9.47 Å². The Hall–Kier alpha value is -1.39. The zero-order valence-corrected chi connectivity index (χ0v) is 13.0. The van der Waals surface area contributed by atoms with E-state index in [1.165, 1.54) is 12.8 Å².